The topological polar surface area (TPSA) is 73.9 Å². The quantitative estimate of drug-likeness (QED) is 0.669. The molecule has 0 bridgehead atoms. The van der Waals surface area contributed by atoms with E-state index in [-0.39, 0.29) is 35.6 Å². The number of hydrogen-bond acceptors (Lipinski definition) is 6. The number of nitrogens with one attached hydrogen (secondary N) is 1. The van der Waals surface area contributed by atoms with E-state index in [1.54, 1.807) is 14.2 Å². The fourth-order valence-corrected chi connectivity index (χ4v) is 7.33. The zero-order chi connectivity index (χ0) is 21.2. The van der Waals surface area contributed by atoms with Crippen LogP contribution in [0.3, 0.4) is 0 Å². The number of methoxy groups -OCH3 is 2. The second-order valence-electron chi connectivity index (χ2n) is 9.79. The van der Waals surface area contributed by atoms with E-state index in [9.17, 15) is 9.59 Å². The molecule has 6 nitrogen and oxygen atoms in total. The minimum atomic E-state index is -1.13. The third-order valence-electron chi connectivity index (χ3n) is 8.43. The highest BCUT2D eigenvalue weighted by atomic mass is 35.5. The molecule has 0 aromatic heterocycles. The smallest absolute Gasteiger partial charge is 0.179 e. The molecule has 1 saturated heterocycles. The number of halogens is 1. The Bertz CT molecular complexity index is 784. The summed E-state index contributed by atoms with van der Waals surface area (Å²) in [5.74, 6) is 0.225. The van der Waals surface area contributed by atoms with Crippen LogP contribution in [0.1, 0.15) is 45.4 Å². The van der Waals surface area contributed by atoms with Gasteiger partial charge < -0.3 is 19.5 Å². The molecule has 1 N–H and O–H groups in total. The van der Waals surface area contributed by atoms with Crippen LogP contribution in [-0.2, 0) is 23.8 Å². The Kier molecular flexibility index (Phi) is 5.28. The lowest BCUT2D eigenvalue weighted by Gasteiger charge is -2.48. The van der Waals surface area contributed by atoms with Crippen molar-refractivity contribution in [1.82, 2.24) is 5.32 Å². The molecule has 7 unspecified atom stereocenters. The lowest BCUT2D eigenvalue weighted by molar-refractivity contribution is -0.141. The first kappa shape index (κ1) is 20.9. The number of rotatable bonds is 2. The molecule has 2 aliphatic heterocycles. The van der Waals surface area contributed by atoms with E-state index >= 15 is 0 Å². The van der Waals surface area contributed by atoms with Gasteiger partial charge in [-0.05, 0) is 24.7 Å². The molecule has 166 valence electrons. The fourth-order valence-electron chi connectivity index (χ4n) is 6.92. The van der Waals surface area contributed by atoms with Crippen LogP contribution in [0, 0.1) is 23.7 Å². The molecule has 3 aliphatic carbocycles. The summed E-state index contributed by atoms with van der Waals surface area (Å²) in [6, 6.07) is 0. The van der Waals surface area contributed by atoms with Crippen molar-refractivity contribution in [3.8, 4) is 0 Å². The van der Waals surface area contributed by atoms with Crippen molar-refractivity contribution >= 4 is 23.2 Å². The van der Waals surface area contributed by atoms with Gasteiger partial charge in [0.2, 0.25) is 0 Å². The Morgan fingerprint density at radius 1 is 1.13 bits per heavy atom. The highest BCUT2D eigenvalue weighted by molar-refractivity contribution is 6.22. The first-order chi connectivity index (χ1) is 14.4. The number of Topliss-reactive ketones (excluding diaryl/α,β-unsaturated/α-hetero) is 2. The number of ketones is 2. The first-order valence-corrected chi connectivity index (χ1v) is 11.8. The van der Waals surface area contributed by atoms with Crippen LogP contribution < -0.4 is 5.32 Å². The van der Waals surface area contributed by atoms with Gasteiger partial charge in [0.05, 0.1) is 35.3 Å². The number of alkyl halides is 1. The summed E-state index contributed by atoms with van der Waals surface area (Å²) in [7, 11) is 3.26. The second-order valence-corrected chi connectivity index (χ2v) is 10.3. The van der Waals surface area contributed by atoms with Crippen LogP contribution in [0.15, 0.2) is 11.3 Å². The monoisotopic (exact) mass is 437 g/mol. The van der Waals surface area contributed by atoms with Crippen molar-refractivity contribution < 1.29 is 23.8 Å². The molecule has 2 heterocycles. The zero-order valence-electron chi connectivity index (χ0n) is 18.0. The third kappa shape index (κ3) is 2.73. The van der Waals surface area contributed by atoms with Crippen LogP contribution in [-0.4, -0.2) is 61.6 Å². The van der Waals surface area contributed by atoms with Gasteiger partial charge in [-0.2, -0.15) is 0 Å². The van der Waals surface area contributed by atoms with Crippen molar-refractivity contribution in [3.63, 3.8) is 0 Å². The first-order valence-electron chi connectivity index (χ1n) is 11.4. The maximum absolute atomic E-state index is 14.1. The lowest BCUT2D eigenvalue weighted by Crippen LogP contribution is -2.58. The van der Waals surface area contributed by atoms with Crippen molar-refractivity contribution in [1.29, 1.82) is 0 Å². The molecule has 5 rings (SSSR count). The molecule has 0 radical (unpaired) electrons. The summed E-state index contributed by atoms with van der Waals surface area (Å²) in [6.07, 6.45) is 4.37. The molecule has 9 atom stereocenters. The average molecular weight is 438 g/mol. The van der Waals surface area contributed by atoms with Crippen LogP contribution in [0.5, 0.6) is 0 Å². The van der Waals surface area contributed by atoms with E-state index < -0.39 is 23.0 Å². The van der Waals surface area contributed by atoms with Crippen LogP contribution in [0.2, 0.25) is 0 Å². The van der Waals surface area contributed by atoms with Crippen LogP contribution in [0.4, 0.5) is 0 Å². The van der Waals surface area contributed by atoms with E-state index in [2.05, 4.69) is 5.32 Å². The zero-order valence-corrected chi connectivity index (χ0v) is 18.7. The Labute approximate surface area is 183 Å². The largest absolute Gasteiger partial charge is 0.385 e. The Morgan fingerprint density at radius 3 is 2.60 bits per heavy atom. The average Bonchev–Trinajstić information content (AvgIpc) is 3.07. The summed E-state index contributed by atoms with van der Waals surface area (Å²) < 4.78 is 18.0. The molecular weight excluding hydrogens is 406 g/mol. The summed E-state index contributed by atoms with van der Waals surface area (Å²) in [6.45, 7) is 2.76. The maximum atomic E-state index is 14.1. The van der Waals surface area contributed by atoms with E-state index in [4.69, 9.17) is 25.8 Å². The second kappa shape index (κ2) is 7.58. The maximum Gasteiger partial charge on any atom is 0.179 e. The summed E-state index contributed by atoms with van der Waals surface area (Å²) in [4.78, 5) is 27.3. The standard InChI is InChI=1S/C23H32ClNO5/c1-11-8-14(26)17-13-7-5-4-6-12(13)10-25-21(17)23(11)22(27)18-15(28-2)9-16(29-3)19(24)20(18)30-23/h11-13,15-16,18-20,25H,4-10H2,1-3H3/t11-,12?,13?,15?,16?,18?,19?,20?,23+/m1/s1. The van der Waals surface area contributed by atoms with Crippen LogP contribution in [0.25, 0.3) is 0 Å². The molecule has 0 amide bonds. The van der Waals surface area contributed by atoms with E-state index in [1.807, 2.05) is 6.92 Å². The fraction of sp³-hybridized carbons (Fsp3) is 0.826. The number of ether oxygens (including phenoxy) is 3. The molecule has 1 spiro atoms. The van der Waals surface area contributed by atoms with Gasteiger partial charge in [-0.3, -0.25) is 9.59 Å². The molecule has 3 fully saturated rings. The normalized spacial score (nSPS) is 48.3. The molecule has 0 aromatic rings. The number of hydrogen-bond donors (Lipinski definition) is 1. The van der Waals surface area contributed by atoms with Gasteiger partial charge in [0.25, 0.3) is 0 Å². The summed E-state index contributed by atoms with van der Waals surface area (Å²) in [5.41, 5.74) is 0.439. The Hall–Kier alpha value is -0.950. The molecule has 7 heteroatoms. The lowest BCUT2D eigenvalue weighted by atomic mass is 9.62. The number of allylic oxidation sites excluding steroid dienone is 1. The summed E-state index contributed by atoms with van der Waals surface area (Å²) >= 11 is 6.77. The SMILES string of the molecule is COC1CC(OC)C2C(=O)[C@@]3(OC2C1Cl)C1=C(C(=O)C[C@H]3C)C2CCCCC2CN1. The van der Waals surface area contributed by atoms with E-state index in [0.29, 0.717) is 18.8 Å². The van der Waals surface area contributed by atoms with Crippen molar-refractivity contribution in [2.45, 2.75) is 74.7 Å². The Morgan fingerprint density at radius 2 is 1.87 bits per heavy atom. The highest BCUT2D eigenvalue weighted by Gasteiger charge is 2.67. The van der Waals surface area contributed by atoms with Gasteiger partial charge in [0.1, 0.15) is 0 Å². The van der Waals surface area contributed by atoms with Gasteiger partial charge in [0.15, 0.2) is 17.2 Å². The van der Waals surface area contributed by atoms with Gasteiger partial charge in [-0.25, -0.2) is 0 Å². The predicted molar refractivity (Wildman–Crippen MR) is 111 cm³/mol. The van der Waals surface area contributed by atoms with Crippen molar-refractivity contribution in [2.75, 3.05) is 20.8 Å². The summed E-state index contributed by atoms with van der Waals surface area (Å²) in [5, 5.41) is 3.09. The number of carbonyl (C=O) groups excluding carboxylic acids is 2. The Balaban J connectivity index is 1.61. The molecule has 30 heavy (non-hydrogen) atoms. The van der Waals surface area contributed by atoms with E-state index in [1.165, 1.54) is 6.42 Å². The molecular formula is C23H32ClNO5. The van der Waals surface area contributed by atoms with E-state index in [0.717, 1.165) is 37.1 Å². The van der Waals surface area contributed by atoms with Gasteiger partial charge in [0, 0.05) is 45.1 Å². The van der Waals surface area contributed by atoms with Gasteiger partial charge in [-0.1, -0.05) is 19.8 Å². The molecule has 2 saturated carbocycles. The highest BCUT2D eigenvalue weighted by Crippen LogP contribution is 2.54. The third-order valence-corrected chi connectivity index (χ3v) is 8.96. The minimum absolute atomic E-state index is 0.0220. The minimum Gasteiger partial charge on any atom is -0.385 e. The van der Waals surface area contributed by atoms with Gasteiger partial charge in [-0.15, -0.1) is 11.6 Å². The van der Waals surface area contributed by atoms with Crippen molar-refractivity contribution in [3.05, 3.63) is 11.3 Å². The van der Waals surface area contributed by atoms with Crippen LogP contribution >= 0.6 is 11.6 Å². The van der Waals surface area contributed by atoms with Gasteiger partial charge >= 0.3 is 0 Å². The van der Waals surface area contributed by atoms with Crippen molar-refractivity contribution in [2.24, 2.45) is 23.7 Å². The number of fused-ring (bicyclic) bond motifs is 4. The molecule has 5 aliphatic rings. The molecule has 0 aromatic carbocycles. The number of carbonyl (C=O) groups is 2. The predicted octanol–water partition coefficient (Wildman–Crippen LogP) is 2.62.